The van der Waals surface area contributed by atoms with Crippen molar-refractivity contribution in [3.05, 3.63) is 21.1 Å². The molecule has 0 unspecified atom stereocenters. The number of piperidine rings is 1. The van der Waals surface area contributed by atoms with Crippen LogP contribution in [0.25, 0.3) is 0 Å². The number of rotatable bonds is 8. The lowest BCUT2D eigenvalue weighted by Gasteiger charge is -2.30. The molecule has 1 N–H and O–H groups in total. The predicted octanol–water partition coefficient (Wildman–Crippen LogP) is 2.80. The van der Waals surface area contributed by atoms with Crippen molar-refractivity contribution in [2.75, 3.05) is 31.6 Å². The van der Waals surface area contributed by atoms with E-state index in [4.69, 9.17) is 4.74 Å². The van der Waals surface area contributed by atoms with Crippen molar-refractivity contribution >= 4 is 39.7 Å². The number of esters is 1. The summed E-state index contributed by atoms with van der Waals surface area (Å²) in [5.74, 6) is 0.739. The smallest absolute Gasteiger partial charge is 0.311 e. The lowest BCUT2D eigenvalue weighted by molar-refractivity contribution is -0.142. The van der Waals surface area contributed by atoms with Gasteiger partial charge in [0, 0.05) is 17.2 Å². The summed E-state index contributed by atoms with van der Waals surface area (Å²) in [5, 5.41) is 16.3. The topological polar surface area (TPSA) is 97.3 Å². The van der Waals surface area contributed by atoms with Crippen LogP contribution in [0.5, 0.6) is 0 Å². The van der Waals surface area contributed by atoms with Crippen LogP contribution in [0, 0.1) is 0 Å². The molecule has 156 valence electrons. The van der Waals surface area contributed by atoms with Crippen molar-refractivity contribution in [1.29, 1.82) is 0 Å². The normalized spacial score (nSPS) is 18.0. The van der Waals surface area contributed by atoms with Crippen LogP contribution in [-0.2, 0) is 20.7 Å². The summed E-state index contributed by atoms with van der Waals surface area (Å²) in [5.41, 5.74) is 0.618. The van der Waals surface area contributed by atoms with Gasteiger partial charge in [-0.05, 0) is 45.7 Å². The van der Waals surface area contributed by atoms with Gasteiger partial charge >= 0.3 is 5.97 Å². The maximum atomic E-state index is 12.4. The molecule has 2 aromatic rings. The van der Waals surface area contributed by atoms with Gasteiger partial charge < -0.3 is 10.1 Å². The predicted molar refractivity (Wildman–Crippen MR) is 111 cm³/mol. The zero-order valence-corrected chi connectivity index (χ0v) is 18.1. The Hall–Kier alpha value is -1.91. The monoisotopic (exact) mass is 435 g/mol. The molecule has 2 aliphatic rings. The van der Waals surface area contributed by atoms with E-state index in [2.05, 4.69) is 25.4 Å². The fourth-order valence-corrected chi connectivity index (χ4v) is 5.32. The number of carbonyl (C=O) groups is 2. The van der Waals surface area contributed by atoms with Crippen LogP contribution in [0.3, 0.4) is 0 Å². The number of carbonyl (C=O) groups excluding carboxylic acids is 2. The fraction of sp³-hybridized carbons (Fsp3) is 0.632. The van der Waals surface area contributed by atoms with Gasteiger partial charge in [-0.2, -0.15) is 0 Å². The van der Waals surface area contributed by atoms with Crippen molar-refractivity contribution in [1.82, 2.24) is 20.1 Å². The van der Waals surface area contributed by atoms with Gasteiger partial charge in [-0.25, -0.2) is 4.98 Å². The molecule has 29 heavy (non-hydrogen) atoms. The summed E-state index contributed by atoms with van der Waals surface area (Å²) < 4.78 is 4.92. The molecule has 1 aliphatic heterocycles. The Morgan fingerprint density at radius 1 is 1.17 bits per heavy atom. The highest BCUT2D eigenvalue weighted by atomic mass is 32.1. The largest absolute Gasteiger partial charge is 0.466 e. The Morgan fingerprint density at radius 3 is 2.52 bits per heavy atom. The summed E-state index contributed by atoms with van der Waals surface area (Å²) in [6, 6.07) is 0. The number of likely N-dealkylation sites (tertiary alicyclic amines) is 1. The molecule has 1 amide bonds. The van der Waals surface area contributed by atoms with Crippen molar-refractivity contribution in [3.63, 3.8) is 0 Å². The number of aromatic nitrogens is 3. The maximum Gasteiger partial charge on any atom is 0.311 e. The zero-order valence-electron chi connectivity index (χ0n) is 16.4. The highest BCUT2D eigenvalue weighted by Gasteiger charge is 2.30. The Kier molecular flexibility index (Phi) is 6.51. The van der Waals surface area contributed by atoms with E-state index in [9.17, 15) is 9.59 Å². The molecule has 1 aliphatic carbocycles. The van der Waals surface area contributed by atoms with Gasteiger partial charge in [0.15, 0.2) is 5.13 Å². The van der Waals surface area contributed by atoms with Gasteiger partial charge in [0.1, 0.15) is 10.0 Å². The molecule has 0 atom stereocenters. The third-order valence-electron chi connectivity index (χ3n) is 5.12. The van der Waals surface area contributed by atoms with Gasteiger partial charge in [-0.3, -0.25) is 14.5 Å². The molecule has 3 heterocycles. The number of amides is 1. The lowest BCUT2D eigenvalue weighted by Crippen LogP contribution is -2.38. The molecule has 0 bridgehead atoms. The first-order valence-electron chi connectivity index (χ1n) is 10.1. The van der Waals surface area contributed by atoms with Crippen molar-refractivity contribution < 1.29 is 14.3 Å². The van der Waals surface area contributed by atoms with Crippen LogP contribution in [0.4, 0.5) is 5.13 Å². The quantitative estimate of drug-likeness (QED) is 0.637. The molecule has 0 aromatic carbocycles. The summed E-state index contributed by atoms with van der Waals surface area (Å²) >= 11 is 3.10. The molecule has 0 radical (unpaired) electrons. The average molecular weight is 436 g/mol. The van der Waals surface area contributed by atoms with Crippen LogP contribution >= 0.6 is 22.7 Å². The number of anilines is 1. The number of nitrogens with one attached hydrogen (secondary N) is 1. The first kappa shape index (κ1) is 20.4. The molecule has 4 rings (SSSR count). The van der Waals surface area contributed by atoms with E-state index < -0.39 is 0 Å². The maximum absolute atomic E-state index is 12.4. The molecular weight excluding hydrogens is 410 g/mol. The summed E-state index contributed by atoms with van der Waals surface area (Å²) in [6.45, 7) is 4.23. The zero-order chi connectivity index (χ0) is 20.2. The molecule has 1 saturated heterocycles. The lowest BCUT2D eigenvalue weighted by atomic mass is 9.98. The number of hydrogen-bond acceptors (Lipinski definition) is 9. The number of hydrogen-bond donors (Lipinski definition) is 1. The van der Waals surface area contributed by atoms with Crippen molar-refractivity contribution in [3.8, 4) is 0 Å². The average Bonchev–Trinajstić information content (AvgIpc) is 3.27. The molecule has 8 nitrogen and oxygen atoms in total. The van der Waals surface area contributed by atoms with Crippen molar-refractivity contribution in [2.45, 2.75) is 50.9 Å². The van der Waals surface area contributed by atoms with Crippen LogP contribution in [-0.4, -0.2) is 58.2 Å². The molecule has 10 heteroatoms. The second-order valence-electron chi connectivity index (χ2n) is 7.48. The Bertz CT molecular complexity index is 856. The van der Waals surface area contributed by atoms with Gasteiger partial charge in [-0.15, -0.1) is 32.9 Å². The van der Waals surface area contributed by atoms with E-state index >= 15 is 0 Å². The number of ether oxygens (including phenoxy) is 1. The van der Waals surface area contributed by atoms with E-state index in [1.165, 1.54) is 29.2 Å². The third kappa shape index (κ3) is 5.58. The second kappa shape index (κ2) is 9.27. The molecular formula is C19H25N5O3S2. The van der Waals surface area contributed by atoms with Gasteiger partial charge in [0.25, 0.3) is 0 Å². The van der Waals surface area contributed by atoms with Gasteiger partial charge in [-0.1, -0.05) is 0 Å². The SMILES string of the molecule is CCOC(=O)Cc1csc(NC(=O)CN2CCC(c3nnc(C4CC4)s3)CC2)n1. The minimum atomic E-state index is -0.307. The Morgan fingerprint density at radius 2 is 1.86 bits per heavy atom. The molecule has 2 fully saturated rings. The van der Waals surface area contributed by atoms with Gasteiger partial charge in [0.2, 0.25) is 5.91 Å². The Labute approximate surface area is 177 Å². The van der Waals surface area contributed by atoms with E-state index in [1.54, 1.807) is 23.6 Å². The third-order valence-corrected chi connectivity index (χ3v) is 7.17. The summed E-state index contributed by atoms with van der Waals surface area (Å²) in [4.78, 5) is 30.3. The van der Waals surface area contributed by atoms with Crippen LogP contribution in [0.1, 0.15) is 60.2 Å². The Balaban J connectivity index is 1.20. The minimum Gasteiger partial charge on any atom is -0.466 e. The van der Waals surface area contributed by atoms with Crippen LogP contribution in [0.15, 0.2) is 5.38 Å². The first-order valence-corrected chi connectivity index (χ1v) is 11.8. The first-order chi connectivity index (χ1) is 14.1. The van der Waals surface area contributed by atoms with E-state index in [0.29, 0.717) is 35.8 Å². The molecule has 1 saturated carbocycles. The second-order valence-corrected chi connectivity index (χ2v) is 9.38. The fourth-order valence-electron chi connectivity index (χ4n) is 3.41. The molecule has 0 spiro atoms. The van der Waals surface area contributed by atoms with Crippen molar-refractivity contribution in [2.24, 2.45) is 0 Å². The highest BCUT2D eigenvalue weighted by molar-refractivity contribution is 7.14. The standard InChI is InChI=1S/C19H25N5O3S2/c1-2-27-16(26)9-14-11-28-19(20-14)21-15(25)10-24-7-5-13(6-8-24)18-23-22-17(29-18)12-3-4-12/h11-13H,2-10H2,1H3,(H,20,21,25). The number of thiazole rings is 1. The summed E-state index contributed by atoms with van der Waals surface area (Å²) in [7, 11) is 0. The van der Waals surface area contributed by atoms with E-state index in [1.807, 2.05) is 0 Å². The molecule has 2 aromatic heterocycles. The number of nitrogens with zero attached hydrogens (tertiary/aromatic N) is 4. The van der Waals surface area contributed by atoms with Gasteiger partial charge in [0.05, 0.1) is 25.3 Å². The van der Waals surface area contributed by atoms with Crippen LogP contribution < -0.4 is 5.32 Å². The highest BCUT2D eigenvalue weighted by Crippen LogP contribution is 2.43. The van der Waals surface area contributed by atoms with E-state index in [-0.39, 0.29) is 18.3 Å². The minimum absolute atomic E-state index is 0.0765. The van der Waals surface area contributed by atoms with Crippen LogP contribution in [0.2, 0.25) is 0 Å². The van der Waals surface area contributed by atoms with E-state index in [0.717, 1.165) is 30.9 Å². The summed E-state index contributed by atoms with van der Waals surface area (Å²) in [6.07, 6.45) is 4.65.